The number of carbonyl (C=O) groups excluding carboxylic acids is 2. The van der Waals surface area contributed by atoms with E-state index in [-0.39, 0.29) is 24.8 Å². The number of carbonyl (C=O) groups is 2. The molecule has 0 saturated heterocycles. The first kappa shape index (κ1) is 20.3. The lowest BCUT2D eigenvalue weighted by Gasteiger charge is -2.30. The largest absolute Gasteiger partial charge is 0.357 e. The molecule has 4 nitrogen and oxygen atoms in total. The maximum Gasteiger partial charge on any atom is 0.242 e. The van der Waals surface area contributed by atoms with Crippen molar-refractivity contribution >= 4 is 35.0 Å². The molecule has 0 aromatic heterocycles. The Morgan fingerprint density at radius 1 is 1.12 bits per heavy atom. The van der Waals surface area contributed by atoms with Gasteiger partial charge in [0.15, 0.2) is 0 Å². The van der Waals surface area contributed by atoms with Crippen LogP contribution in [0.1, 0.15) is 24.5 Å². The molecule has 26 heavy (non-hydrogen) atoms. The minimum Gasteiger partial charge on any atom is -0.357 e. The van der Waals surface area contributed by atoms with E-state index in [4.69, 9.17) is 23.2 Å². The van der Waals surface area contributed by atoms with E-state index in [1.807, 2.05) is 37.3 Å². The number of hydrogen-bond acceptors (Lipinski definition) is 2. The summed E-state index contributed by atoms with van der Waals surface area (Å²) >= 11 is 12.2. The fourth-order valence-corrected chi connectivity index (χ4v) is 3.26. The van der Waals surface area contributed by atoms with Gasteiger partial charge >= 0.3 is 0 Å². The molecule has 2 rings (SSSR count). The predicted octanol–water partition coefficient (Wildman–Crippen LogP) is 4.09. The summed E-state index contributed by atoms with van der Waals surface area (Å²) in [5.41, 5.74) is 1.65. The predicted molar refractivity (Wildman–Crippen MR) is 105 cm³/mol. The van der Waals surface area contributed by atoms with E-state index in [0.717, 1.165) is 11.1 Å². The standard InChI is InChI=1S/C20H22Cl2N2O2/c1-3-18(20(26)23-2)24(13-15-9-10-16(21)12-17(15)22)19(25)11-14-7-5-4-6-8-14/h4-10,12,18H,3,11,13H2,1-2H3,(H,23,26)/t18-/m1/s1. The third-order valence-electron chi connectivity index (χ3n) is 4.19. The van der Waals surface area contributed by atoms with Crippen LogP contribution in [-0.4, -0.2) is 29.8 Å². The Morgan fingerprint density at radius 2 is 1.81 bits per heavy atom. The molecule has 2 amide bonds. The van der Waals surface area contributed by atoms with Crippen LogP contribution in [0.15, 0.2) is 48.5 Å². The van der Waals surface area contributed by atoms with Gasteiger partial charge in [-0.1, -0.05) is 66.5 Å². The molecule has 0 radical (unpaired) electrons. The lowest BCUT2D eigenvalue weighted by molar-refractivity contribution is -0.140. The molecule has 1 N–H and O–H groups in total. The van der Waals surface area contributed by atoms with Gasteiger partial charge in [0.2, 0.25) is 11.8 Å². The van der Waals surface area contributed by atoms with E-state index >= 15 is 0 Å². The van der Waals surface area contributed by atoms with Crippen LogP contribution in [-0.2, 0) is 22.6 Å². The van der Waals surface area contributed by atoms with Crippen molar-refractivity contribution in [2.24, 2.45) is 0 Å². The highest BCUT2D eigenvalue weighted by Crippen LogP contribution is 2.24. The summed E-state index contributed by atoms with van der Waals surface area (Å²) < 4.78 is 0. The quantitative estimate of drug-likeness (QED) is 0.771. The first-order valence-electron chi connectivity index (χ1n) is 8.45. The third kappa shape index (κ3) is 5.23. The molecule has 2 aromatic carbocycles. The summed E-state index contributed by atoms with van der Waals surface area (Å²) in [6.07, 6.45) is 0.727. The molecule has 0 bridgehead atoms. The maximum atomic E-state index is 13.0. The van der Waals surface area contributed by atoms with E-state index in [2.05, 4.69) is 5.32 Å². The van der Waals surface area contributed by atoms with Crippen molar-refractivity contribution in [2.75, 3.05) is 7.05 Å². The average Bonchev–Trinajstić information content (AvgIpc) is 2.63. The number of nitrogens with one attached hydrogen (secondary N) is 1. The van der Waals surface area contributed by atoms with Gasteiger partial charge < -0.3 is 10.2 Å². The second-order valence-corrected chi connectivity index (χ2v) is 6.80. The minimum absolute atomic E-state index is 0.127. The fourth-order valence-electron chi connectivity index (χ4n) is 2.79. The van der Waals surface area contributed by atoms with Gasteiger partial charge in [0.25, 0.3) is 0 Å². The Balaban J connectivity index is 2.31. The molecular formula is C20H22Cl2N2O2. The zero-order valence-corrected chi connectivity index (χ0v) is 16.3. The van der Waals surface area contributed by atoms with Crippen LogP contribution in [0.3, 0.4) is 0 Å². The average molecular weight is 393 g/mol. The normalized spacial score (nSPS) is 11.7. The molecule has 0 unspecified atom stereocenters. The highest BCUT2D eigenvalue weighted by molar-refractivity contribution is 6.35. The SMILES string of the molecule is CC[C@H](C(=O)NC)N(Cc1ccc(Cl)cc1Cl)C(=O)Cc1ccccc1. The number of amides is 2. The van der Waals surface area contributed by atoms with Gasteiger partial charge in [0.1, 0.15) is 6.04 Å². The highest BCUT2D eigenvalue weighted by atomic mass is 35.5. The van der Waals surface area contributed by atoms with Crippen LogP contribution >= 0.6 is 23.2 Å². The topological polar surface area (TPSA) is 49.4 Å². The van der Waals surface area contributed by atoms with Gasteiger partial charge in [0, 0.05) is 23.6 Å². The summed E-state index contributed by atoms with van der Waals surface area (Å²) in [6.45, 7) is 2.12. The molecule has 2 aromatic rings. The van der Waals surface area contributed by atoms with Gasteiger partial charge in [-0.3, -0.25) is 9.59 Å². The summed E-state index contributed by atoms with van der Waals surface area (Å²) in [6, 6.07) is 14.0. The Morgan fingerprint density at radius 3 is 2.38 bits per heavy atom. The lowest BCUT2D eigenvalue weighted by atomic mass is 10.1. The second-order valence-electron chi connectivity index (χ2n) is 5.96. The van der Waals surface area contributed by atoms with Gasteiger partial charge in [-0.15, -0.1) is 0 Å². The molecule has 138 valence electrons. The van der Waals surface area contributed by atoms with Crippen LogP contribution in [0.25, 0.3) is 0 Å². The van der Waals surface area contributed by atoms with E-state index in [1.54, 1.807) is 30.1 Å². The molecule has 0 aliphatic rings. The van der Waals surface area contributed by atoms with Gasteiger partial charge in [-0.25, -0.2) is 0 Å². The molecule has 6 heteroatoms. The Hall–Kier alpha value is -2.04. The zero-order chi connectivity index (χ0) is 19.1. The molecule has 0 fully saturated rings. The van der Waals surface area contributed by atoms with Crippen molar-refractivity contribution in [3.05, 3.63) is 69.7 Å². The fraction of sp³-hybridized carbons (Fsp3) is 0.300. The summed E-state index contributed by atoms with van der Waals surface area (Å²) in [5, 5.41) is 3.64. The molecule has 0 spiro atoms. The first-order chi connectivity index (χ1) is 12.5. The highest BCUT2D eigenvalue weighted by Gasteiger charge is 2.28. The van der Waals surface area contributed by atoms with Crippen LogP contribution in [0.4, 0.5) is 0 Å². The number of likely N-dealkylation sites (N-methyl/N-ethyl adjacent to an activating group) is 1. The van der Waals surface area contributed by atoms with Crippen molar-refractivity contribution in [2.45, 2.75) is 32.4 Å². The Kier molecular flexibility index (Phi) is 7.49. The maximum absolute atomic E-state index is 13.0. The van der Waals surface area contributed by atoms with E-state index in [0.29, 0.717) is 16.5 Å². The van der Waals surface area contributed by atoms with Gasteiger partial charge in [-0.2, -0.15) is 0 Å². The zero-order valence-electron chi connectivity index (χ0n) is 14.8. The summed E-state index contributed by atoms with van der Waals surface area (Å²) in [5.74, 6) is -0.323. The van der Waals surface area contributed by atoms with Crippen LogP contribution in [0.2, 0.25) is 10.0 Å². The van der Waals surface area contributed by atoms with E-state index in [9.17, 15) is 9.59 Å². The molecule has 0 aliphatic heterocycles. The minimum atomic E-state index is -0.567. The summed E-state index contributed by atoms with van der Waals surface area (Å²) in [7, 11) is 1.57. The van der Waals surface area contributed by atoms with Crippen molar-refractivity contribution in [1.82, 2.24) is 10.2 Å². The number of hydrogen-bond donors (Lipinski definition) is 1. The smallest absolute Gasteiger partial charge is 0.242 e. The summed E-state index contributed by atoms with van der Waals surface area (Å²) in [4.78, 5) is 26.9. The van der Waals surface area contributed by atoms with E-state index < -0.39 is 6.04 Å². The van der Waals surface area contributed by atoms with Crippen molar-refractivity contribution < 1.29 is 9.59 Å². The molecule has 0 heterocycles. The molecule has 0 saturated carbocycles. The lowest BCUT2D eigenvalue weighted by Crippen LogP contribution is -2.48. The molecule has 0 aliphatic carbocycles. The van der Waals surface area contributed by atoms with Crippen LogP contribution in [0, 0.1) is 0 Å². The van der Waals surface area contributed by atoms with Gasteiger partial charge in [0.05, 0.1) is 6.42 Å². The Labute approximate surface area is 164 Å². The van der Waals surface area contributed by atoms with Crippen LogP contribution < -0.4 is 5.32 Å². The number of nitrogens with zero attached hydrogens (tertiary/aromatic N) is 1. The Bertz CT molecular complexity index is 766. The molecule has 1 atom stereocenters. The van der Waals surface area contributed by atoms with Crippen LogP contribution in [0.5, 0.6) is 0 Å². The second kappa shape index (κ2) is 9.60. The van der Waals surface area contributed by atoms with Crippen molar-refractivity contribution in [1.29, 1.82) is 0 Å². The third-order valence-corrected chi connectivity index (χ3v) is 4.77. The van der Waals surface area contributed by atoms with Crippen molar-refractivity contribution in [3.8, 4) is 0 Å². The van der Waals surface area contributed by atoms with Gasteiger partial charge in [-0.05, 0) is 29.7 Å². The number of benzene rings is 2. The van der Waals surface area contributed by atoms with Crippen molar-refractivity contribution in [3.63, 3.8) is 0 Å². The monoisotopic (exact) mass is 392 g/mol. The molecular weight excluding hydrogens is 371 g/mol. The first-order valence-corrected chi connectivity index (χ1v) is 9.20. The van der Waals surface area contributed by atoms with E-state index in [1.165, 1.54) is 0 Å². The number of halogens is 2. The number of rotatable bonds is 7.